The Kier molecular flexibility index (Phi) is 5.84. The molecular formula is C22H20N2O3. The van der Waals surface area contributed by atoms with Gasteiger partial charge in [-0.2, -0.15) is 0 Å². The second-order valence-electron chi connectivity index (χ2n) is 6.11. The van der Waals surface area contributed by atoms with E-state index in [1.807, 2.05) is 36.4 Å². The van der Waals surface area contributed by atoms with Crippen molar-refractivity contribution in [3.05, 3.63) is 96.1 Å². The highest BCUT2D eigenvalue weighted by Crippen LogP contribution is 2.20. The van der Waals surface area contributed by atoms with Crippen LogP contribution in [-0.4, -0.2) is 16.9 Å². The van der Waals surface area contributed by atoms with E-state index >= 15 is 0 Å². The predicted octanol–water partition coefficient (Wildman–Crippen LogP) is 3.89. The van der Waals surface area contributed by atoms with Crippen LogP contribution in [0, 0.1) is 0 Å². The maximum atomic E-state index is 12.5. The first-order valence-corrected chi connectivity index (χ1v) is 8.61. The van der Waals surface area contributed by atoms with Gasteiger partial charge in [0, 0.05) is 17.3 Å². The minimum absolute atomic E-state index is 0.0677. The van der Waals surface area contributed by atoms with Gasteiger partial charge in [0.05, 0.1) is 12.5 Å². The van der Waals surface area contributed by atoms with Gasteiger partial charge in [-0.25, -0.2) is 0 Å². The van der Waals surface area contributed by atoms with Gasteiger partial charge in [-0.05, 0) is 29.8 Å². The van der Waals surface area contributed by atoms with Crippen molar-refractivity contribution in [3.63, 3.8) is 0 Å². The summed E-state index contributed by atoms with van der Waals surface area (Å²) in [6.07, 6.45) is 0.0677. The summed E-state index contributed by atoms with van der Waals surface area (Å²) in [6, 6.07) is 24.1. The number of amides is 2. The molecule has 0 radical (unpaired) electrons. The van der Waals surface area contributed by atoms with Crippen molar-refractivity contribution in [3.8, 4) is 5.75 Å². The number of phenols is 1. The average molecular weight is 360 g/mol. The number of carbonyl (C=O) groups excluding carboxylic acids is 2. The van der Waals surface area contributed by atoms with Crippen molar-refractivity contribution in [2.24, 2.45) is 0 Å². The summed E-state index contributed by atoms with van der Waals surface area (Å²) < 4.78 is 0. The predicted molar refractivity (Wildman–Crippen MR) is 104 cm³/mol. The minimum Gasteiger partial charge on any atom is -0.508 e. The van der Waals surface area contributed by atoms with Crippen LogP contribution in [0.4, 0.5) is 5.69 Å². The Morgan fingerprint density at radius 3 is 2.19 bits per heavy atom. The fraction of sp³-hybridized carbons (Fsp3) is 0.0909. The number of aromatic hydroxyl groups is 1. The van der Waals surface area contributed by atoms with Crippen LogP contribution >= 0.6 is 0 Å². The summed E-state index contributed by atoms with van der Waals surface area (Å²) in [7, 11) is 0. The molecule has 1 unspecified atom stereocenters. The van der Waals surface area contributed by atoms with Crippen LogP contribution in [0.1, 0.15) is 28.4 Å². The first kappa shape index (κ1) is 18.2. The molecule has 0 spiro atoms. The topological polar surface area (TPSA) is 78.4 Å². The molecule has 5 nitrogen and oxygen atoms in total. The molecule has 0 aliphatic carbocycles. The Morgan fingerprint density at radius 1 is 0.852 bits per heavy atom. The molecule has 0 aromatic heterocycles. The van der Waals surface area contributed by atoms with Gasteiger partial charge >= 0.3 is 0 Å². The van der Waals surface area contributed by atoms with E-state index in [9.17, 15) is 14.7 Å². The van der Waals surface area contributed by atoms with Gasteiger partial charge in [-0.15, -0.1) is 0 Å². The smallest absolute Gasteiger partial charge is 0.251 e. The van der Waals surface area contributed by atoms with Crippen LogP contribution in [-0.2, 0) is 4.79 Å². The van der Waals surface area contributed by atoms with Gasteiger partial charge in [-0.3, -0.25) is 9.59 Å². The Bertz CT molecular complexity index is 911. The molecule has 0 aliphatic heterocycles. The lowest BCUT2D eigenvalue weighted by atomic mass is 10.0. The molecule has 27 heavy (non-hydrogen) atoms. The molecule has 3 aromatic rings. The minimum atomic E-state index is -0.476. The third-order valence-electron chi connectivity index (χ3n) is 4.06. The van der Waals surface area contributed by atoms with Crippen LogP contribution in [0.3, 0.4) is 0 Å². The van der Waals surface area contributed by atoms with E-state index in [1.54, 1.807) is 36.4 Å². The van der Waals surface area contributed by atoms with E-state index in [2.05, 4.69) is 10.6 Å². The van der Waals surface area contributed by atoms with Crippen molar-refractivity contribution < 1.29 is 14.7 Å². The summed E-state index contributed by atoms with van der Waals surface area (Å²) in [4.78, 5) is 25.0. The molecule has 0 aliphatic rings. The molecule has 136 valence electrons. The van der Waals surface area contributed by atoms with Crippen LogP contribution in [0.25, 0.3) is 0 Å². The number of benzene rings is 3. The van der Waals surface area contributed by atoms with Crippen molar-refractivity contribution in [2.75, 3.05) is 5.32 Å². The Hall–Kier alpha value is -3.60. The fourth-order valence-corrected chi connectivity index (χ4v) is 2.75. The van der Waals surface area contributed by atoms with E-state index in [4.69, 9.17) is 0 Å². The molecule has 1 atom stereocenters. The van der Waals surface area contributed by atoms with Crippen LogP contribution < -0.4 is 10.6 Å². The summed E-state index contributed by atoms with van der Waals surface area (Å²) in [6.45, 7) is 0. The fourth-order valence-electron chi connectivity index (χ4n) is 2.75. The zero-order valence-corrected chi connectivity index (χ0v) is 14.6. The number of phenolic OH excluding ortho intramolecular Hbond substituents is 1. The largest absolute Gasteiger partial charge is 0.508 e. The highest BCUT2D eigenvalue weighted by molar-refractivity contribution is 5.95. The SMILES string of the molecule is O=C(CC(NC(=O)c1ccccc1)c1ccccc1)Nc1cccc(O)c1. The van der Waals surface area contributed by atoms with Gasteiger partial charge in [0.15, 0.2) is 0 Å². The van der Waals surface area contributed by atoms with E-state index in [0.717, 1.165) is 5.56 Å². The standard InChI is InChI=1S/C22H20N2O3/c25-19-13-7-12-18(14-19)23-21(26)15-20(16-8-3-1-4-9-16)24-22(27)17-10-5-2-6-11-17/h1-14,20,25H,15H2,(H,23,26)(H,24,27). The molecule has 3 aromatic carbocycles. The van der Waals surface area contributed by atoms with E-state index in [1.165, 1.54) is 12.1 Å². The number of hydrogen-bond acceptors (Lipinski definition) is 3. The maximum Gasteiger partial charge on any atom is 0.251 e. The van der Waals surface area contributed by atoms with Crippen LogP contribution in [0.2, 0.25) is 0 Å². The summed E-state index contributed by atoms with van der Waals surface area (Å²) in [5, 5.41) is 15.2. The Morgan fingerprint density at radius 2 is 1.52 bits per heavy atom. The van der Waals surface area contributed by atoms with Crippen molar-refractivity contribution in [2.45, 2.75) is 12.5 Å². The summed E-state index contributed by atoms with van der Waals surface area (Å²) >= 11 is 0. The lowest BCUT2D eigenvalue weighted by molar-refractivity contribution is -0.116. The third-order valence-corrected chi connectivity index (χ3v) is 4.06. The van der Waals surface area contributed by atoms with Crippen LogP contribution in [0.5, 0.6) is 5.75 Å². The van der Waals surface area contributed by atoms with Gasteiger partial charge in [0.25, 0.3) is 5.91 Å². The molecule has 3 N–H and O–H groups in total. The monoisotopic (exact) mass is 360 g/mol. The molecule has 0 fully saturated rings. The van der Waals surface area contributed by atoms with E-state index < -0.39 is 6.04 Å². The van der Waals surface area contributed by atoms with Crippen molar-refractivity contribution >= 4 is 17.5 Å². The number of rotatable bonds is 6. The number of nitrogens with one attached hydrogen (secondary N) is 2. The van der Waals surface area contributed by atoms with E-state index in [0.29, 0.717) is 11.3 Å². The lowest BCUT2D eigenvalue weighted by Crippen LogP contribution is -2.31. The van der Waals surface area contributed by atoms with Crippen molar-refractivity contribution in [1.82, 2.24) is 5.32 Å². The first-order chi connectivity index (χ1) is 13.1. The highest BCUT2D eigenvalue weighted by atomic mass is 16.3. The van der Waals surface area contributed by atoms with Crippen LogP contribution in [0.15, 0.2) is 84.9 Å². The second-order valence-corrected chi connectivity index (χ2v) is 6.11. The normalized spacial score (nSPS) is 11.4. The summed E-state index contributed by atoms with van der Waals surface area (Å²) in [5.74, 6) is -0.429. The molecule has 0 saturated carbocycles. The Labute approximate surface area is 157 Å². The molecule has 0 heterocycles. The third kappa shape index (κ3) is 5.19. The zero-order chi connectivity index (χ0) is 19.1. The molecule has 0 bridgehead atoms. The van der Waals surface area contributed by atoms with Gasteiger partial charge in [0.2, 0.25) is 5.91 Å². The quantitative estimate of drug-likeness (QED) is 0.624. The zero-order valence-electron chi connectivity index (χ0n) is 14.6. The lowest BCUT2D eigenvalue weighted by Gasteiger charge is -2.19. The number of carbonyl (C=O) groups is 2. The van der Waals surface area contributed by atoms with Gasteiger partial charge in [0.1, 0.15) is 5.75 Å². The highest BCUT2D eigenvalue weighted by Gasteiger charge is 2.19. The maximum absolute atomic E-state index is 12.5. The molecule has 3 rings (SSSR count). The average Bonchev–Trinajstić information content (AvgIpc) is 2.69. The molecule has 5 heteroatoms. The molecule has 0 saturated heterocycles. The second kappa shape index (κ2) is 8.67. The number of anilines is 1. The first-order valence-electron chi connectivity index (χ1n) is 8.61. The number of hydrogen-bond donors (Lipinski definition) is 3. The van der Waals surface area contributed by atoms with Gasteiger partial charge < -0.3 is 15.7 Å². The van der Waals surface area contributed by atoms with Crippen molar-refractivity contribution in [1.29, 1.82) is 0 Å². The molecule has 2 amide bonds. The van der Waals surface area contributed by atoms with Gasteiger partial charge in [-0.1, -0.05) is 54.6 Å². The van der Waals surface area contributed by atoms with E-state index in [-0.39, 0.29) is 24.0 Å². The molecular weight excluding hydrogens is 340 g/mol. The Balaban J connectivity index is 1.74. The summed E-state index contributed by atoms with van der Waals surface area (Å²) in [5.41, 5.74) is 1.88.